The highest BCUT2D eigenvalue weighted by molar-refractivity contribution is 5.83. The zero-order valence-electron chi connectivity index (χ0n) is 11.3. The molecule has 1 aliphatic heterocycles. The molecule has 0 amide bonds. The van der Waals surface area contributed by atoms with Gasteiger partial charge < -0.3 is 9.47 Å². The Morgan fingerprint density at radius 1 is 1.46 bits per heavy atom. The monoisotopic (exact) mass is 187 g/mol. The van der Waals surface area contributed by atoms with Crippen LogP contribution in [0.2, 0.25) is 0 Å². The Hall–Kier alpha value is -0.990. The van der Waals surface area contributed by atoms with E-state index in [0.29, 0.717) is 0 Å². The van der Waals surface area contributed by atoms with Crippen LogP contribution in [-0.2, 0) is 14.3 Å². The standard InChI is InChI=1S/C10H16O3/c1-7-6-8(11)13-10(5,12-7)9(2,3)4/h6H,1-5H3/t10-/m1/s1/i5D3. The van der Waals surface area contributed by atoms with E-state index in [0.717, 1.165) is 6.08 Å². The first-order valence-corrected chi connectivity index (χ1v) is 4.10. The Morgan fingerprint density at radius 3 is 2.46 bits per heavy atom. The fraction of sp³-hybridized carbons (Fsp3) is 0.700. The van der Waals surface area contributed by atoms with Crippen molar-refractivity contribution >= 4 is 5.97 Å². The van der Waals surface area contributed by atoms with E-state index < -0.39 is 24.0 Å². The molecule has 13 heavy (non-hydrogen) atoms. The lowest BCUT2D eigenvalue weighted by Gasteiger charge is -2.42. The lowest BCUT2D eigenvalue weighted by atomic mass is 9.86. The Labute approximate surface area is 82.9 Å². The maximum Gasteiger partial charge on any atom is 0.337 e. The number of hydrogen-bond acceptors (Lipinski definition) is 3. The van der Waals surface area contributed by atoms with Gasteiger partial charge in [-0.05, 0) is 6.92 Å². The second kappa shape index (κ2) is 2.76. The molecule has 3 heteroatoms. The third-order valence-corrected chi connectivity index (χ3v) is 1.86. The SMILES string of the molecule is [2H]C([2H])([2H])[C@]1(C(C)(C)C)OC(=O)C=C(C)O1. The summed E-state index contributed by atoms with van der Waals surface area (Å²) in [6, 6.07) is 0. The zero-order valence-corrected chi connectivity index (χ0v) is 8.30. The highest BCUT2D eigenvalue weighted by Crippen LogP contribution is 2.38. The summed E-state index contributed by atoms with van der Waals surface area (Å²) < 4.78 is 32.8. The number of carbonyl (C=O) groups excluding carboxylic acids is 1. The molecule has 0 bridgehead atoms. The van der Waals surface area contributed by atoms with Crippen LogP contribution in [0, 0.1) is 5.41 Å². The van der Waals surface area contributed by atoms with Gasteiger partial charge in [-0.15, -0.1) is 0 Å². The number of cyclic esters (lactones) is 1. The summed E-state index contributed by atoms with van der Waals surface area (Å²) in [6.45, 7) is 3.96. The maximum atomic E-state index is 11.4. The van der Waals surface area contributed by atoms with Crippen LogP contribution >= 0.6 is 0 Å². The average molecular weight is 187 g/mol. The summed E-state index contributed by atoms with van der Waals surface area (Å²) in [4.78, 5) is 11.4. The van der Waals surface area contributed by atoms with E-state index >= 15 is 0 Å². The van der Waals surface area contributed by atoms with E-state index in [1.165, 1.54) is 6.92 Å². The van der Waals surface area contributed by atoms with Crippen molar-refractivity contribution in [1.29, 1.82) is 0 Å². The second-order valence-electron chi connectivity index (χ2n) is 4.14. The number of esters is 1. The first kappa shape index (κ1) is 6.46. The van der Waals surface area contributed by atoms with Gasteiger partial charge in [-0.25, -0.2) is 4.79 Å². The molecule has 0 saturated heterocycles. The molecule has 0 fully saturated rings. The molecule has 0 aliphatic carbocycles. The molecule has 0 aromatic carbocycles. The zero-order chi connectivity index (χ0) is 12.8. The summed E-state index contributed by atoms with van der Waals surface area (Å²) in [6.07, 6.45) is 1.13. The summed E-state index contributed by atoms with van der Waals surface area (Å²) in [5.41, 5.74) is -0.858. The van der Waals surface area contributed by atoms with Gasteiger partial charge in [0, 0.05) is 16.4 Å². The van der Waals surface area contributed by atoms with Crippen molar-refractivity contribution in [3.05, 3.63) is 11.8 Å². The van der Waals surface area contributed by atoms with Crippen LogP contribution in [0.5, 0.6) is 0 Å². The van der Waals surface area contributed by atoms with Crippen molar-refractivity contribution in [3.63, 3.8) is 0 Å². The predicted molar refractivity (Wildman–Crippen MR) is 48.8 cm³/mol. The van der Waals surface area contributed by atoms with Crippen molar-refractivity contribution in [2.24, 2.45) is 5.41 Å². The summed E-state index contributed by atoms with van der Waals surface area (Å²) >= 11 is 0. The maximum absolute atomic E-state index is 11.4. The number of rotatable bonds is 0. The lowest BCUT2D eigenvalue weighted by molar-refractivity contribution is -0.253. The van der Waals surface area contributed by atoms with Crippen molar-refractivity contribution in [1.82, 2.24) is 0 Å². The predicted octanol–water partition coefficient (Wildman–Crippen LogP) is 2.23. The molecule has 1 atom stereocenters. The second-order valence-corrected chi connectivity index (χ2v) is 4.14. The first-order valence-electron chi connectivity index (χ1n) is 5.60. The molecule has 1 heterocycles. The van der Waals surface area contributed by atoms with Crippen LogP contribution in [0.4, 0.5) is 0 Å². The van der Waals surface area contributed by atoms with Gasteiger partial charge in [-0.1, -0.05) is 20.8 Å². The number of ether oxygens (including phenoxy) is 2. The summed E-state index contributed by atoms with van der Waals surface area (Å²) in [5.74, 6) is -2.35. The number of hydrogen-bond donors (Lipinski definition) is 0. The van der Waals surface area contributed by atoms with E-state index in [-0.39, 0.29) is 5.76 Å². The highest BCUT2D eigenvalue weighted by atomic mass is 16.7. The lowest BCUT2D eigenvalue weighted by Crippen LogP contribution is -2.48. The van der Waals surface area contributed by atoms with Gasteiger partial charge in [0.25, 0.3) is 5.79 Å². The van der Waals surface area contributed by atoms with E-state index in [4.69, 9.17) is 13.6 Å². The molecule has 0 N–H and O–H groups in total. The average Bonchev–Trinajstić information content (AvgIpc) is 1.97. The minimum atomic E-state index is -2.55. The molecular formula is C10H16O3. The summed E-state index contributed by atoms with van der Waals surface area (Å²) in [5, 5.41) is 0. The first-order chi connectivity index (χ1) is 6.99. The summed E-state index contributed by atoms with van der Waals surface area (Å²) in [7, 11) is 0. The molecule has 0 spiro atoms. The Balaban J connectivity index is 3.29. The van der Waals surface area contributed by atoms with Gasteiger partial charge in [-0.2, -0.15) is 0 Å². The molecular weight excluding hydrogens is 168 g/mol. The van der Waals surface area contributed by atoms with Crippen molar-refractivity contribution in [2.75, 3.05) is 0 Å². The minimum Gasteiger partial charge on any atom is -0.456 e. The van der Waals surface area contributed by atoms with Crippen LogP contribution in [0.15, 0.2) is 11.8 Å². The molecule has 74 valence electrons. The fourth-order valence-electron chi connectivity index (χ4n) is 0.920. The fourth-order valence-corrected chi connectivity index (χ4v) is 0.920. The van der Waals surface area contributed by atoms with Gasteiger partial charge in [0.05, 0.1) is 6.08 Å². The Kier molecular flexibility index (Phi) is 1.37. The molecule has 0 radical (unpaired) electrons. The molecule has 1 rings (SSSR count). The number of allylic oxidation sites excluding steroid dienone is 1. The van der Waals surface area contributed by atoms with Crippen LogP contribution < -0.4 is 0 Å². The third kappa shape index (κ3) is 1.85. The Bertz CT molecular complexity index is 322. The Morgan fingerprint density at radius 2 is 2.08 bits per heavy atom. The molecule has 0 aromatic rings. The van der Waals surface area contributed by atoms with E-state index in [1.54, 1.807) is 20.8 Å². The van der Waals surface area contributed by atoms with Gasteiger partial charge >= 0.3 is 5.97 Å². The molecule has 3 nitrogen and oxygen atoms in total. The van der Waals surface area contributed by atoms with Gasteiger partial charge in [0.15, 0.2) is 0 Å². The highest BCUT2D eigenvalue weighted by Gasteiger charge is 2.45. The van der Waals surface area contributed by atoms with Gasteiger partial charge in [0.1, 0.15) is 5.76 Å². The topological polar surface area (TPSA) is 35.5 Å². The van der Waals surface area contributed by atoms with Gasteiger partial charge in [-0.3, -0.25) is 0 Å². The minimum absolute atomic E-state index is 0.252. The normalized spacial score (nSPS) is 33.4. The molecule has 0 aromatic heterocycles. The molecule has 0 saturated carbocycles. The van der Waals surface area contributed by atoms with E-state index in [2.05, 4.69) is 0 Å². The largest absolute Gasteiger partial charge is 0.456 e. The van der Waals surface area contributed by atoms with Crippen molar-refractivity contribution in [3.8, 4) is 0 Å². The molecule has 1 aliphatic rings. The van der Waals surface area contributed by atoms with Crippen LogP contribution in [0.3, 0.4) is 0 Å². The van der Waals surface area contributed by atoms with Gasteiger partial charge in [0.2, 0.25) is 0 Å². The van der Waals surface area contributed by atoms with Crippen LogP contribution in [0.1, 0.15) is 38.7 Å². The smallest absolute Gasteiger partial charge is 0.337 e. The van der Waals surface area contributed by atoms with Crippen LogP contribution in [0.25, 0.3) is 0 Å². The number of carbonyl (C=O) groups is 1. The van der Waals surface area contributed by atoms with Crippen LogP contribution in [-0.4, -0.2) is 11.8 Å². The van der Waals surface area contributed by atoms with E-state index in [1.807, 2.05) is 0 Å². The van der Waals surface area contributed by atoms with Crippen molar-refractivity contribution in [2.45, 2.75) is 40.3 Å². The molecule has 0 unspecified atom stereocenters. The van der Waals surface area contributed by atoms with E-state index in [9.17, 15) is 4.79 Å². The van der Waals surface area contributed by atoms with Crippen molar-refractivity contribution < 1.29 is 18.4 Å². The quantitative estimate of drug-likeness (QED) is 0.545. The third-order valence-electron chi connectivity index (χ3n) is 1.86.